The Labute approximate surface area is 85.7 Å². The van der Waals surface area contributed by atoms with Gasteiger partial charge in [0.1, 0.15) is 0 Å². The standard InChI is InChI=1S/C12H18N2/c1-8-4-7-11(9(2)14-8)12(13-3)10-5-6-10/h4,7,10,12-13H,5-6H2,1-3H3. The van der Waals surface area contributed by atoms with Gasteiger partial charge < -0.3 is 5.32 Å². The second kappa shape index (κ2) is 3.70. The van der Waals surface area contributed by atoms with Crippen LogP contribution in [0.15, 0.2) is 12.1 Å². The van der Waals surface area contributed by atoms with Gasteiger partial charge in [-0.1, -0.05) is 6.07 Å². The van der Waals surface area contributed by atoms with E-state index in [0.29, 0.717) is 6.04 Å². The van der Waals surface area contributed by atoms with Crippen molar-refractivity contribution in [3.8, 4) is 0 Å². The Bertz CT molecular complexity index is 329. The molecule has 0 aromatic carbocycles. The van der Waals surface area contributed by atoms with Crippen LogP contribution < -0.4 is 5.32 Å². The molecule has 2 rings (SSSR count). The summed E-state index contributed by atoms with van der Waals surface area (Å²) in [5.41, 5.74) is 3.66. The molecule has 14 heavy (non-hydrogen) atoms. The van der Waals surface area contributed by atoms with Crippen LogP contribution >= 0.6 is 0 Å². The number of nitrogens with one attached hydrogen (secondary N) is 1. The molecule has 1 N–H and O–H groups in total. The molecular formula is C12H18N2. The lowest BCUT2D eigenvalue weighted by Gasteiger charge is -2.17. The summed E-state index contributed by atoms with van der Waals surface area (Å²) in [5.74, 6) is 0.836. The molecule has 0 saturated heterocycles. The number of hydrogen-bond acceptors (Lipinski definition) is 2. The zero-order valence-corrected chi connectivity index (χ0v) is 9.17. The molecule has 1 aromatic rings. The normalized spacial score (nSPS) is 18.2. The maximum Gasteiger partial charge on any atom is 0.0423 e. The van der Waals surface area contributed by atoms with Crippen LogP contribution in [0.4, 0.5) is 0 Å². The number of rotatable bonds is 3. The molecular weight excluding hydrogens is 172 g/mol. The topological polar surface area (TPSA) is 24.9 Å². The predicted molar refractivity (Wildman–Crippen MR) is 58.2 cm³/mol. The maximum atomic E-state index is 4.51. The van der Waals surface area contributed by atoms with E-state index in [2.05, 4.69) is 29.4 Å². The summed E-state index contributed by atoms with van der Waals surface area (Å²) in [6, 6.07) is 4.84. The van der Waals surface area contributed by atoms with Gasteiger partial charge in [0.2, 0.25) is 0 Å². The van der Waals surface area contributed by atoms with Gasteiger partial charge in [-0.05, 0) is 51.3 Å². The van der Waals surface area contributed by atoms with Crippen LogP contribution in [0.25, 0.3) is 0 Å². The van der Waals surface area contributed by atoms with Gasteiger partial charge in [0.25, 0.3) is 0 Å². The third-order valence-electron chi connectivity index (χ3n) is 3.01. The number of aromatic nitrogens is 1. The first-order valence-electron chi connectivity index (χ1n) is 5.34. The summed E-state index contributed by atoms with van der Waals surface area (Å²) >= 11 is 0. The number of aryl methyl sites for hydroxylation is 2. The molecule has 1 aromatic heterocycles. The van der Waals surface area contributed by atoms with Crippen molar-refractivity contribution < 1.29 is 0 Å². The summed E-state index contributed by atoms with van der Waals surface area (Å²) in [5, 5.41) is 3.40. The number of hydrogen-bond donors (Lipinski definition) is 1. The average molecular weight is 190 g/mol. The second-order valence-corrected chi connectivity index (χ2v) is 4.23. The van der Waals surface area contributed by atoms with Crippen molar-refractivity contribution in [3.63, 3.8) is 0 Å². The molecule has 0 spiro atoms. The molecule has 1 fully saturated rings. The molecule has 2 nitrogen and oxygen atoms in total. The molecule has 1 aliphatic rings. The SMILES string of the molecule is CNC(c1ccc(C)nc1C)C1CC1. The van der Waals surface area contributed by atoms with E-state index in [-0.39, 0.29) is 0 Å². The van der Waals surface area contributed by atoms with Crippen LogP contribution in [-0.4, -0.2) is 12.0 Å². The lowest BCUT2D eigenvalue weighted by atomic mass is 10.0. The monoisotopic (exact) mass is 190 g/mol. The first-order chi connectivity index (χ1) is 6.72. The summed E-state index contributed by atoms with van der Waals surface area (Å²) in [6.07, 6.45) is 2.72. The molecule has 1 aliphatic carbocycles. The molecule has 0 amide bonds. The van der Waals surface area contributed by atoms with E-state index in [4.69, 9.17) is 0 Å². The first-order valence-corrected chi connectivity index (χ1v) is 5.34. The van der Waals surface area contributed by atoms with E-state index in [1.807, 2.05) is 14.0 Å². The van der Waals surface area contributed by atoms with Gasteiger partial charge in [0, 0.05) is 17.4 Å². The zero-order chi connectivity index (χ0) is 10.1. The highest BCUT2D eigenvalue weighted by atomic mass is 14.9. The highest BCUT2D eigenvalue weighted by molar-refractivity contribution is 5.26. The Kier molecular flexibility index (Phi) is 2.55. The fourth-order valence-electron chi connectivity index (χ4n) is 2.10. The Morgan fingerprint density at radius 3 is 2.57 bits per heavy atom. The summed E-state index contributed by atoms with van der Waals surface area (Å²) in [7, 11) is 2.04. The summed E-state index contributed by atoms with van der Waals surface area (Å²) < 4.78 is 0. The quantitative estimate of drug-likeness (QED) is 0.791. The van der Waals surface area contributed by atoms with Crippen molar-refractivity contribution in [3.05, 3.63) is 29.1 Å². The highest BCUT2D eigenvalue weighted by Gasteiger charge is 2.32. The summed E-state index contributed by atoms with van der Waals surface area (Å²) in [4.78, 5) is 4.51. The smallest absolute Gasteiger partial charge is 0.0423 e. The van der Waals surface area contributed by atoms with E-state index < -0.39 is 0 Å². The molecule has 0 radical (unpaired) electrons. The minimum absolute atomic E-state index is 0.517. The Balaban J connectivity index is 2.29. The molecule has 0 aliphatic heterocycles. The van der Waals surface area contributed by atoms with Gasteiger partial charge in [-0.2, -0.15) is 0 Å². The van der Waals surface area contributed by atoms with Crippen LogP contribution in [0.3, 0.4) is 0 Å². The molecule has 1 unspecified atom stereocenters. The lowest BCUT2D eigenvalue weighted by Crippen LogP contribution is -2.19. The van der Waals surface area contributed by atoms with Crippen LogP contribution in [0.2, 0.25) is 0 Å². The maximum absolute atomic E-state index is 4.51. The van der Waals surface area contributed by atoms with E-state index in [1.54, 1.807) is 0 Å². The van der Waals surface area contributed by atoms with Gasteiger partial charge in [-0.15, -0.1) is 0 Å². The second-order valence-electron chi connectivity index (χ2n) is 4.23. The van der Waals surface area contributed by atoms with Crippen molar-refractivity contribution in [2.24, 2.45) is 5.92 Å². The van der Waals surface area contributed by atoms with E-state index >= 15 is 0 Å². The zero-order valence-electron chi connectivity index (χ0n) is 9.17. The first kappa shape index (κ1) is 9.66. The molecule has 1 atom stereocenters. The van der Waals surface area contributed by atoms with E-state index in [0.717, 1.165) is 11.6 Å². The van der Waals surface area contributed by atoms with Crippen molar-refractivity contribution in [1.82, 2.24) is 10.3 Å². The van der Waals surface area contributed by atoms with Crippen molar-refractivity contribution in [2.75, 3.05) is 7.05 Å². The van der Waals surface area contributed by atoms with Crippen molar-refractivity contribution in [1.29, 1.82) is 0 Å². The minimum Gasteiger partial charge on any atom is -0.313 e. The fourth-order valence-corrected chi connectivity index (χ4v) is 2.10. The van der Waals surface area contributed by atoms with Gasteiger partial charge in [0.05, 0.1) is 0 Å². The van der Waals surface area contributed by atoms with E-state index in [9.17, 15) is 0 Å². The van der Waals surface area contributed by atoms with Crippen molar-refractivity contribution >= 4 is 0 Å². The fraction of sp³-hybridized carbons (Fsp3) is 0.583. The van der Waals surface area contributed by atoms with Crippen molar-refractivity contribution in [2.45, 2.75) is 32.7 Å². The van der Waals surface area contributed by atoms with Gasteiger partial charge in [0.15, 0.2) is 0 Å². The van der Waals surface area contributed by atoms with Crippen LogP contribution in [0.1, 0.15) is 35.8 Å². The molecule has 2 heteroatoms. The lowest BCUT2D eigenvalue weighted by molar-refractivity contribution is 0.524. The Morgan fingerprint density at radius 2 is 2.07 bits per heavy atom. The third kappa shape index (κ3) is 1.80. The summed E-state index contributed by atoms with van der Waals surface area (Å²) in [6.45, 7) is 4.15. The molecule has 1 saturated carbocycles. The molecule has 76 valence electrons. The largest absolute Gasteiger partial charge is 0.313 e. The molecule has 0 bridgehead atoms. The minimum atomic E-state index is 0.517. The third-order valence-corrected chi connectivity index (χ3v) is 3.01. The van der Waals surface area contributed by atoms with E-state index in [1.165, 1.54) is 24.1 Å². The van der Waals surface area contributed by atoms with Crippen LogP contribution in [0.5, 0.6) is 0 Å². The number of nitrogens with zero attached hydrogens (tertiary/aromatic N) is 1. The van der Waals surface area contributed by atoms with Crippen LogP contribution in [-0.2, 0) is 0 Å². The van der Waals surface area contributed by atoms with Crippen LogP contribution in [0, 0.1) is 19.8 Å². The average Bonchev–Trinajstić information content (AvgIpc) is 2.93. The Morgan fingerprint density at radius 1 is 1.36 bits per heavy atom. The predicted octanol–water partition coefficient (Wildman–Crippen LogP) is 2.37. The Hall–Kier alpha value is -0.890. The van der Waals surface area contributed by atoms with Gasteiger partial charge in [-0.25, -0.2) is 0 Å². The number of pyridine rings is 1. The highest BCUT2D eigenvalue weighted by Crippen LogP contribution is 2.41. The van der Waals surface area contributed by atoms with Gasteiger partial charge >= 0.3 is 0 Å². The molecule has 1 heterocycles. The van der Waals surface area contributed by atoms with Gasteiger partial charge in [-0.3, -0.25) is 4.98 Å².